The summed E-state index contributed by atoms with van der Waals surface area (Å²) in [5.74, 6) is 0.549. The van der Waals surface area contributed by atoms with Gasteiger partial charge in [0.2, 0.25) is 5.91 Å². The normalized spacial score (nSPS) is 28.1. The van der Waals surface area contributed by atoms with E-state index in [0.29, 0.717) is 19.1 Å². The molecule has 3 unspecified atom stereocenters. The van der Waals surface area contributed by atoms with Gasteiger partial charge in [-0.15, -0.1) is 0 Å². The van der Waals surface area contributed by atoms with Crippen LogP contribution in [-0.4, -0.2) is 31.7 Å². The Labute approximate surface area is 111 Å². The first-order valence-electron chi connectivity index (χ1n) is 7.27. The zero-order chi connectivity index (χ0) is 13.4. The second-order valence-electron chi connectivity index (χ2n) is 5.35. The molecule has 0 aromatic rings. The number of nitrogens with two attached hydrogens (primary N) is 1. The molecule has 1 fully saturated rings. The molecule has 3 N–H and O–H groups in total. The SMILES string of the molecule is CCCCOCCNC(=O)C1CCCC(C)C1N. The fraction of sp³-hybridized carbons (Fsp3) is 0.929. The van der Waals surface area contributed by atoms with E-state index in [4.69, 9.17) is 10.5 Å². The number of rotatable bonds is 7. The highest BCUT2D eigenvalue weighted by Crippen LogP contribution is 2.27. The fourth-order valence-electron chi connectivity index (χ4n) is 2.47. The topological polar surface area (TPSA) is 64.3 Å². The van der Waals surface area contributed by atoms with Gasteiger partial charge in [0, 0.05) is 19.2 Å². The minimum Gasteiger partial charge on any atom is -0.380 e. The Kier molecular flexibility index (Phi) is 7.28. The van der Waals surface area contributed by atoms with Crippen LogP contribution in [0.25, 0.3) is 0 Å². The van der Waals surface area contributed by atoms with Crippen molar-refractivity contribution in [3.8, 4) is 0 Å². The molecule has 4 nitrogen and oxygen atoms in total. The van der Waals surface area contributed by atoms with Crippen LogP contribution in [-0.2, 0) is 9.53 Å². The highest BCUT2D eigenvalue weighted by molar-refractivity contribution is 5.79. The van der Waals surface area contributed by atoms with Gasteiger partial charge in [-0.1, -0.05) is 26.7 Å². The number of amides is 1. The van der Waals surface area contributed by atoms with Crippen LogP contribution in [0.3, 0.4) is 0 Å². The predicted molar refractivity (Wildman–Crippen MR) is 73.2 cm³/mol. The van der Waals surface area contributed by atoms with E-state index in [1.807, 2.05) is 0 Å². The largest absolute Gasteiger partial charge is 0.380 e. The van der Waals surface area contributed by atoms with Crippen LogP contribution >= 0.6 is 0 Å². The number of hydrogen-bond donors (Lipinski definition) is 2. The van der Waals surface area contributed by atoms with Gasteiger partial charge in [-0.25, -0.2) is 0 Å². The lowest BCUT2D eigenvalue weighted by Gasteiger charge is -2.32. The Morgan fingerprint density at radius 2 is 2.17 bits per heavy atom. The van der Waals surface area contributed by atoms with E-state index in [2.05, 4.69) is 19.2 Å². The molecule has 0 radical (unpaired) electrons. The second-order valence-corrected chi connectivity index (χ2v) is 5.35. The first kappa shape index (κ1) is 15.4. The van der Waals surface area contributed by atoms with Crippen molar-refractivity contribution in [1.82, 2.24) is 5.32 Å². The van der Waals surface area contributed by atoms with Gasteiger partial charge in [0.05, 0.1) is 12.5 Å². The van der Waals surface area contributed by atoms with Crippen molar-refractivity contribution >= 4 is 5.91 Å². The van der Waals surface area contributed by atoms with Crippen molar-refractivity contribution in [1.29, 1.82) is 0 Å². The molecule has 0 aromatic heterocycles. The van der Waals surface area contributed by atoms with E-state index in [-0.39, 0.29) is 17.9 Å². The van der Waals surface area contributed by atoms with Crippen LogP contribution < -0.4 is 11.1 Å². The van der Waals surface area contributed by atoms with Gasteiger partial charge in [-0.2, -0.15) is 0 Å². The molecule has 1 saturated carbocycles. The molecule has 1 aliphatic carbocycles. The number of carbonyl (C=O) groups is 1. The molecule has 4 heteroatoms. The van der Waals surface area contributed by atoms with Crippen LogP contribution in [0.15, 0.2) is 0 Å². The molecule has 0 heterocycles. The number of ether oxygens (including phenoxy) is 1. The lowest BCUT2D eigenvalue weighted by Crippen LogP contribution is -2.47. The monoisotopic (exact) mass is 256 g/mol. The van der Waals surface area contributed by atoms with Crippen molar-refractivity contribution in [3.05, 3.63) is 0 Å². The molecule has 1 rings (SSSR count). The molecular weight excluding hydrogens is 228 g/mol. The van der Waals surface area contributed by atoms with Gasteiger partial charge in [0.15, 0.2) is 0 Å². The van der Waals surface area contributed by atoms with Gasteiger partial charge in [0.25, 0.3) is 0 Å². The summed E-state index contributed by atoms with van der Waals surface area (Å²) < 4.78 is 5.41. The minimum atomic E-state index is -0.00982. The van der Waals surface area contributed by atoms with Crippen molar-refractivity contribution < 1.29 is 9.53 Å². The van der Waals surface area contributed by atoms with Crippen molar-refractivity contribution in [2.75, 3.05) is 19.8 Å². The molecule has 18 heavy (non-hydrogen) atoms. The molecule has 1 aliphatic rings. The fourth-order valence-corrected chi connectivity index (χ4v) is 2.47. The first-order valence-corrected chi connectivity index (χ1v) is 7.27. The van der Waals surface area contributed by atoms with Crippen LogP contribution in [0, 0.1) is 11.8 Å². The Bertz CT molecular complexity index is 246. The smallest absolute Gasteiger partial charge is 0.224 e. The first-order chi connectivity index (χ1) is 8.66. The molecule has 0 aromatic carbocycles. The van der Waals surface area contributed by atoms with Crippen LogP contribution in [0.4, 0.5) is 0 Å². The number of carbonyl (C=O) groups excluding carboxylic acids is 1. The molecule has 3 atom stereocenters. The van der Waals surface area contributed by atoms with Crippen LogP contribution in [0.2, 0.25) is 0 Å². The number of nitrogens with one attached hydrogen (secondary N) is 1. The Hall–Kier alpha value is -0.610. The summed E-state index contributed by atoms with van der Waals surface area (Å²) >= 11 is 0. The predicted octanol–water partition coefficient (Wildman–Crippen LogP) is 1.68. The van der Waals surface area contributed by atoms with E-state index < -0.39 is 0 Å². The molecule has 0 saturated heterocycles. The third-order valence-corrected chi connectivity index (χ3v) is 3.82. The van der Waals surface area contributed by atoms with Gasteiger partial charge in [-0.05, 0) is 25.2 Å². The minimum absolute atomic E-state index is 0.00982. The van der Waals surface area contributed by atoms with E-state index in [1.54, 1.807) is 0 Å². The lowest BCUT2D eigenvalue weighted by atomic mass is 9.78. The van der Waals surface area contributed by atoms with E-state index in [0.717, 1.165) is 38.7 Å². The quantitative estimate of drug-likeness (QED) is 0.681. The third kappa shape index (κ3) is 4.94. The highest BCUT2D eigenvalue weighted by Gasteiger charge is 2.32. The van der Waals surface area contributed by atoms with Crippen molar-refractivity contribution in [2.24, 2.45) is 17.6 Å². The lowest BCUT2D eigenvalue weighted by molar-refractivity contribution is -0.127. The van der Waals surface area contributed by atoms with Gasteiger partial charge < -0.3 is 15.8 Å². The maximum absolute atomic E-state index is 12.0. The second kappa shape index (κ2) is 8.48. The molecule has 0 aliphatic heterocycles. The summed E-state index contributed by atoms with van der Waals surface area (Å²) in [5.41, 5.74) is 6.10. The number of hydrogen-bond acceptors (Lipinski definition) is 3. The number of unbranched alkanes of at least 4 members (excludes halogenated alkanes) is 1. The Balaban J connectivity index is 2.15. The highest BCUT2D eigenvalue weighted by atomic mass is 16.5. The average Bonchev–Trinajstić information content (AvgIpc) is 2.36. The van der Waals surface area contributed by atoms with E-state index in [9.17, 15) is 4.79 Å². The Morgan fingerprint density at radius 1 is 1.39 bits per heavy atom. The molecule has 1 amide bonds. The van der Waals surface area contributed by atoms with E-state index in [1.165, 1.54) is 0 Å². The van der Waals surface area contributed by atoms with E-state index >= 15 is 0 Å². The summed E-state index contributed by atoms with van der Waals surface area (Å²) in [7, 11) is 0. The summed E-state index contributed by atoms with van der Waals surface area (Å²) in [6.45, 7) is 6.25. The van der Waals surface area contributed by atoms with Crippen molar-refractivity contribution in [2.45, 2.75) is 52.0 Å². The summed E-state index contributed by atoms with van der Waals surface area (Å²) in [5, 5.41) is 2.94. The summed E-state index contributed by atoms with van der Waals surface area (Å²) in [6, 6.07) is 0.0137. The van der Waals surface area contributed by atoms with Gasteiger partial charge in [0.1, 0.15) is 0 Å². The molecule has 0 spiro atoms. The van der Waals surface area contributed by atoms with Crippen molar-refractivity contribution in [3.63, 3.8) is 0 Å². The maximum Gasteiger partial charge on any atom is 0.224 e. The third-order valence-electron chi connectivity index (χ3n) is 3.82. The molecule has 0 bridgehead atoms. The molecule has 106 valence electrons. The summed E-state index contributed by atoms with van der Waals surface area (Å²) in [6.07, 6.45) is 5.40. The summed E-state index contributed by atoms with van der Waals surface area (Å²) in [4.78, 5) is 12.0. The van der Waals surface area contributed by atoms with Crippen LogP contribution in [0.1, 0.15) is 46.0 Å². The molecular formula is C14H28N2O2. The average molecular weight is 256 g/mol. The van der Waals surface area contributed by atoms with Gasteiger partial charge >= 0.3 is 0 Å². The standard InChI is InChI=1S/C14H28N2O2/c1-3-4-9-18-10-8-16-14(17)12-7-5-6-11(2)13(12)15/h11-13H,3-10,15H2,1-2H3,(H,16,17). The van der Waals surface area contributed by atoms with Gasteiger partial charge in [-0.3, -0.25) is 4.79 Å². The zero-order valence-corrected chi connectivity index (χ0v) is 11.8. The Morgan fingerprint density at radius 3 is 2.89 bits per heavy atom. The van der Waals surface area contributed by atoms with Crippen LogP contribution in [0.5, 0.6) is 0 Å². The zero-order valence-electron chi connectivity index (χ0n) is 11.8. The maximum atomic E-state index is 12.0.